The number of nitrogens with zero attached hydrogens (tertiary/aromatic N) is 2. The maximum atomic E-state index is 8.29. The van der Waals surface area contributed by atoms with E-state index in [4.69, 9.17) is 10.1 Å². The maximum absolute atomic E-state index is 8.29. The van der Waals surface area contributed by atoms with Gasteiger partial charge in [0.15, 0.2) is 5.75 Å². The minimum Gasteiger partial charge on any atom is -0.454 e. The number of rotatable bonds is 0. The van der Waals surface area contributed by atoms with Gasteiger partial charge in [-0.1, -0.05) is 24.3 Å². The normalized spacial score (nSPS) is 11.3. The second-order valence-electron chi connectivity index (χ2n) is 4.85. The standard InChI is InChI=1S/C16H13N3O.BrH/c1-18-10-13-11-6-2-4-8-14(11)20-15-9-5-3-7-12(15)19(13)16(18)17;/h2-10,17H,1H3;1H. The number of ether oxygens (including phenoxy) is 1. The quantitative estimate of drug-likeness (QED) is 0.520. The fraction of sp³-hybridized carbons (Fsp3) is 0.0625. The molecule has 2 heterocycles. The number of aryl methyl sites for hydroxylation is 1. The molecule has 5 heteroatoms. The van der Waals surface area contributed by atoms with Crippen molar-refractivity contribution in [1.29, 1.82) is 5.41 Å². The lowest BCUT2D eigenvalue weighted by Crippen LogP contribution is -2.21. The number of fused-ring (bicyclic) bond motifs is 5. The highest BCUT2D eigenvalue weighted by molar-refractivity contribution is 8.93. The lowest BCUT2D eigenvalue weighted by atomic mass is 10.1. The molecule has 2 aromatic carbocycles. The summed E-state index contributed by atoms with van der Waals surface area (Å²) in [5, 5.41) is 8.29. The lowest BCUT2D eigenvalue weighted by molar-refractivity contribution is 0.484. The highest BCUT2D eigenvalue weighted by atomic mass is 79.9. The van der Waals surface area contributed by atoms with Gasteiger partial charge in [0.05, 0.1) is 11.4 Å². The molecule has 106 valence electrons. The predicted octanol–water partition coefficient (Wildman–Crippen LogP) is 3.65. The van der Waals surface area contributed by atoms with Crippen LogP contribution in [0.15, 0.2) is 54.7 Å². The molecule has 0 radical (unpaired) electrons. The average Bonchev–Trinajstić information content (AvgIpc) is 2.68. The zero-order valence-electron chi connectivity index (χ0n) is 11.4. The molecule has 1 aliphatic rings. The van der Waals surface area contributed by atoms with Gasteiger partial charge < -0.3 is 9.30 Å². The first kappa shape index (κ1) is 13.7. The third-order valence-electron chi connectivity index (χ3n) is 3.59. The first-order chi connectivity index (χ1) is 9.75. The largest absolute Gasteiger partial charge is 0.454 e. The van der Waals surface area contributed by atoms with E-state index in [0.29, 0.717) is 5.62 Å². The molecule has 0 fully saturated rings. The van der Waals surface area contributed by atoms with E-state index in [1.807, 2.05) is 70.9 Å². The molecular weight excluding hydrogens is 330 g/mol. The van der Waals surface area contributed by atoms with E-state index in [9.17, 15) is 0 Å². The van der Waals surface area contributed by atoms with Gasteiger partial charge in [0.25, 0.3) is 0 Å². The molecule has 1 aromatic heterocycles. The Morgan fingerprint density at radius 3 is 2.43 bits per heavy atom. The second-order valence-corrected chi connectivity index (χ2v) is 4.85. The van der Waals surface area contributed by atoms with Crippen LogP contribution in [-0.4, -0.2) is 9.13 Å². The Kier molecular flexibility index (Phi) is 3.22. The van der Waals surface area contributed by atoms with Gasteiger partial charge in [-0.3, -0.25) is 9.98 Å². The van der Waals surface area contributed by atoms with Gasteiger partial charge in [-0.15, -0.1) is 17.0 Å². The minimum atomic E-state index is 0. The Hall–Kier alpha value is -2.27. The van der Waals surface area contributed by atoms with Crippen LogP contribution in [0.4, 0.5) is 0 Å². The first-order valence-electron chi connectivity index (χ1n) is 6.45. The molecule has 0 bridgehead atoms. The lowest BCUT2D eigenvalue weighted by Gasteiger charge is -2.08. The van der Waals surface area contributed by atoms with Gasteiger partial charge in [-0.2, -0.15) is 0 Å². The highest BCUT2D eigenvalue weighted by Crippen LogP contribution is 2.39. The van der Waals surface area contributed by atoms with Crippen molar-refractivity contribution in [3.05, 3.63) is 60.3 Å². The summed E-state index contributed by atoms with van der Waals surface area (Å²) in [7, 11) is 1.88. The van der Waals surface area contributed by atoms with Gasteiger partial charge in [0, 0.05) is 18.8 Å². The summed E-state index contributed by atoms with van der Waals surface area (Å²) in [6.45, 7) is 0. The summed E-state index contributed by atoms with van der Waals surface area (Å²) in [5.41, 5.74) is 3.29. The molecule has 0 saturated carbocycles. The number of imidazole rings is 1. The molecule has 1 aliphatic heterocycles. The molecule has 0 atom stereocenters. The van der Waals surface area contributed by atoms with Crippen LogP contribution in [0, 0.1) is 5.41 Å². The number of aromatic nitrogens is 2. The molecule has 4 nitrogen and oxygen atoms in total. The van der Waals surface area contributed by atoms with Crippen LogP contribution in [0.1, 0.15) is 0 Å². The van der Waals surface area contributed by atoms with Crippen LogP contribution in [0.3, 0.4) is 0 Å². The van der Waals surface area contributed by atoms with E-state index in [1.165, 1.54) is 0 Å². The molecule has 0 unspecified atom stereocenters. The average molecular weight is 344 g/mol. The van der Waals surface area contributed by atoms with Crippen molar-refractivity contribution < 1.29 is 4.74 Å². The first-order valence-corrected chi connectivity index (χ1v) is 6.45. The topological polar surface area (TPSA) is 42.9 Å². The van der Waals surface area contributed by atoms with Gasteiger partial charge in [0.1, 0.15) is 5.75 Å². The Morgan fingerprint density at radius 1 is 0.952 bits per heavy atom. The van der Waals surface area contributed by atoms with Crippen molar-refractivity contribution in [2.75, 3.05) is 0 Å². The zero-order valence-corrected chi connectivity index (χ0v) is 13.1. The molecule has 0 amide bonds. The minimum absolute atomic E-state index is 0. The number of para-hydroxylation sites is 3. The van der Waals surface area contributed by atoms with E-state index < -0.39 is 0 Å². The Bertz CT molecular complexity index is 879. The third kappa shape index (κ3) is 1.93. The smallest absolute Gasteiger partial charge is 0.207 e. The summed E-state index contributed by atoms with van der Waals surface area (Å²) in [5.74, 6) is 1.58. The molecular formula is C16H14BrN3O. The number of hydrogen-bond acceptors (Lipinski definition) is 2. The molecule has 0 aliphatic carbocycles. The van der Waals surface area contributed by atoms with E-state index in [2.05, 4.69) is 0 Å². The van der Waals surface area contributed by atoms with Crippen molar-refractivity contribution in [1.82, 2.24) is 9.13 Å². The predicted molar refractivity (Wildman–Crippen MR) is 86.4 cm³/mol. The number of benzene rings is 2. The van der Waals surface area contributed by atoms with E-state index in [0.717, 1.165) is 28.4 Å². The monoisotopic (exact) mass is 343 g/mol. The van der Waals surface area contributed by atoms with E-state index in [1.54, 1.807) is 0 Å². The number of hydrogen-bond donors (Lipinski definition) is 1. The summed E-state index contributed by atoms with van der Waals surface area (Å²) in [6, 6.07) is 15.7. The van der Waals surface area contributed by atoms with Crippen molar-refractivity contribution in [2.45, 2.75) is 0 Å². The van der Waals surface area contributed by atoms with Crippen LogP contribution in [0.5, 0.6) is 11.5 Å². The van der Waals surface area contributed by atoms with Crippen LogP contribution < -0.4 is 10.4 Å². The van der Waals surface area contributed by atoms with Crippen molar-refractivity contribution in [3.63, 3.8) is 0 Å². The molecule has 0 saturated heterocycles. The van der Waals surface area contributed by atoms with Crippen molar-refractivity contribution in [3.8, 4) is 28.4 Å². The van der Waals surface area contributed by atoms with E-state index >= 15 is 0 Å². The third-order valence-corrected chi connectivity index (χ3v) is 3.59. The van der Waals surface area contributed by atoms with Crippen LogP contribution >= 0.6 is 17.0 Å². The highest BCUT2D eigenvalue weighted by Gasteiger charge is 2.21. The summed E-state index contributed by atoms with van der Waals surface area (Å²) in [6.07, 6.45) is 1.96. The van der Waals surface area contributed by atoms with Crippen LogP contribution in [0.25, 0.3) is 16.9 Å². The fourth-order valence-corrected chi connectivity index (χ4v) is 2.62. The van der Waals surface area contributed by atoms with Gasteiger partial charge >= 0.3 is 0 Å². The van der Waals surface area contributed by atoms with Gasteiger partial charge in [-0.25, -0.2) is 0 Å². The fourth-order valence-electron chi connectivity index (χ4n) is 2.62. The van der Waals surface area contributed by atoms with E-state index in [-0.39, 0.29) is 17.0 Å². The molecule has 0 spiro atoms. The summed E-state index contributed by atoms with van der Waals surface area (Å²) >= 11 is 0. The summed E-state index contributed by atoms with van der Waals surface area (Å²) in [4.78, 5) is 0. The molecule has 4 rings (SSSR count). The number of nitrogens with one attached hydrogen (secondary N) is 1. The van der Waals surface area contributed by atoms with Gasteiger partial charge in [0.2, 0.25) is 5.62 Å². The molecule has 3 aromatic rings. The SMILES string of the molecule is Br.Cn1cc2n(c1=N)-c1ccccc1Oc1ccccc1-2. The molecule has 1 N–H and O–H groups in total. The molecule has 21 heavy (non-hydrogen) atoms. The van der Waals surface area contributed by atoms with Crippen LogP contribution in [-0.2, 0) is 7.05 Å². The maximum Gasteiger partial charge on any atom is 0.207 e. The van der Waals surface area contributed by atoms with Gasteiger partial charge in [-0.05, 0) is 24.3 Å². The summed E-state index contributed by atoms with van der Waals surface area (Å²) < 4.78 is 9.76. The Balaban J connectivity index is 0.00000132. The zero-order chi connectivity index (χ0) is 13.7. The Morgan fingerprint density at radius 2 is 1.62 bits per heavy atom. The van der Waals surface area contributed by atoms with Crippen LogP contribution in [0.2, 0.25) is 0 Å². The number of halogens is 1. The van der Waals surface area contributed by atoms with Crippen molar-refractivity contribution >= 4 is 17.0 Å². The van der Waals surface area contributed by atoms with Crippen molar-refractivity contribution in [2.24, 2.45) is 7.05 Å². The Labute approximate surface area is 132 Å². The second kappa shape index (κ2) is 4.93.